The Morgan fingerprint density at radius 3 is 0.966 bits per heavy atom. The predicted octanol–water partition coefficient (Wildman–Crippen LogP) is -14.3. The van der Waals surface area contributed by atoms with Crippen molar-refractivity contribution in [1.82, 2.24) is 0 Å². The summed E-state index contributed by atoms with van der Waals surface area (Å²) < 4.78 is 0. The number of hydrogen-bond donors (Lipinski definition) is 4. The maximum atomic E-state index is 10.2. The molecule has 150 valence electrons. The van der Waals surface area contributed by atoms with Crippen LogP contribution in [0.2, 0.25) is 0 Å². The molecule has 0 aromatic rings. The molecule has 4 N–H and O–H groups in total. The van der Waals surface area contributed by atoms with Gasteiger partial charge >= 0.3 is 103 Å². The zero-order valence-corrected chi connectivity index (χ0v) is 18.7. The number of rotatable bonds is 10. The van der Waals surface area contributed by atoms with Gasteiger partial charge in [-0.3, -0.25) is 9.59 Å². The van der Waals surface area contributed by atoms with Crippen molar-refractivity contribution in [2.45, 2.75) is 36.9 Å². The van der Waals surface area contributed by atoms with E-state index in [4.69, 9.17) is 20.4 Å². The second-order valence-electron chi connectivity index (χ2n) is 4.88. The fraction of sp³-hybridized carbons (Fsp3) is 0.500. The van der Waals surface area contributed by atoms with Crippen molar-refractivity contribution in [2.75, 3.05) is 0 Å². The molecular formula is C12H15Na3O14. The third-order valence-corrected chi connectivity index (χ3v) is 2.52. The molecule has 0 atom stereocenters. The Bertz CT molecular complexity index is 531. The first-order valence-corrected chi connectivity index (χ1v) is 6.26. The van der Waals surface area contributed by atoms with Crippen LogP contribution in [-0.4, -0.2) is 97.0 Å². The van der Waals surface area contributed by atoms with Gasteiger partial charge in [-0.2, -0.15) is 0 Å². The average molecular weight is 452 g/mol. The third-order valence-electron chi connectivity index (χ3n) is 2.52. The average Bonchev–Trinajstić information content (AvgIpc) is 2.34. The van der Waals surface area contributed by atoms with Crippen LogP contribution in [0.4, 0.5) is 0 Å². The van der Waals surface area contributed by atoms with Crippen molar-refractivity contribution in [3.63, 3.8) is 0 Å². The van der Waals surface area contributed by atoms with E-state index in [0.717, 1.165) is 0 Å². The molecule has 0 fully saturated rings. The number of aliphatic hydroxyl groups is 2. The molecule has 0 heterocycles. The molecule has 0 aliphatic carbocycles. The van der Waals surface area contributed by atoms with E-state index in [1.54, 1.807) is 0 Å². The Balaban J connectivity index is -0.0000000640. The summed E-state index contributed by atoms with van der Waals surface area (Å²) in [7, 11) is 0. The summed E-state index contributed by atoms with van der Waals surface area (Å²) in [5, 5.41) is 74.5. The molecule has 0 radical (unpaired) electrons. The van der Waals surface area contributed by atoms with Gasteiger partial charge in [0.05, 0.1) is 24.8 Å². The summed E-state index contributed by atoms with van der Waals surface area (Å²) in [6.45, 7) is 0. The fourth-order valence-electron chi connectivity index (χ4n) is 1.39. The molecular weight excluding hydrogens is 437 g/mol. The van der Waals surface area contributed by atoms with E-state index in [1.807, 2.05) is 0 Å². The summed E-state index contributed by atoms with van der Waals surface area (Å²) in [5.74, 6) is -11.3. The van der Waals surface area contributed by atoms with Crippen molar-refractivity contribution in [3.05, 3.63) is 0 Å². The van der Waals surface area contributed by atoms with Crippen molar-refractivity contribution >= 4 is 65.4 Å². The van der Waals surface area contributed by atoms with Crippen LogP contribution < -0.4 is 79.5 Å². The topological polar surface area (TPSA) is 276 Å². The molecule has 0 amide bonds. The zero-order chi connectivity index (χ0) is 21.3. The van der Waals surface area contributed by atoms with Gasteiger partial charge in [0, 0.05) is 24.8 Å². The van der Waals surface area contributed by atoms with Gasteiger partial charge in [-0.15, -0.1) is 0 Å². The number of carbonyl (C=O) groups is 6. The zero-order valence-electron chi connectivity index (χ0n) is 16.7. The number of hydrogen-bond acceptors (Lipinski definition) is 12. The molecule has 0 aromatic heterocycles. The Labute approximate surface area is 231 Å². The van der Waals surface area contributed by atoms with Crippen LogP contribution in [0.1, 0.15) is 28.5 Å². The Morgan fingerprint density at radius 2 is 0.828 bits per heavy atom. The summed E-state index contributed by atoms with van der Waals surface area (Å²) in [4.78, 5) is 60.3. The van der Waals surface area contributed by atoms with E-state index in [9.17, 15) is 49.2 Å². The first-order valence-electron chi connectivity index (χ1n) is 6.26. The molecule has 0 saturated heterocycles. The molecule has 29 heavy (non-hydrogen) atoms. The summed E-state index contributed by atoms with van der Waals surface area (Å²) in [6.07, 6.45) is -5.13. The van der Waals surface area contributed by atoms with E-state index < -0.39 is 72.7 Å². The van der Waals surface area contributed by atoms with Crippen LogP contribution in [0, 0.1) is 0 Å². The van der Waals surface area contributed by atoms with Crippen LogP contribution in [0.3, 0.4) is 0 Å². The molecule has 0 aliphatic heterocycles. The molecule has 0 rings (SSSR count). The van der Waals surface area contributed by atoms with Crippen LogP contribution in [-0.2, 0) is 28.8 Å². The van der Waals surface area contributed by atoms with E-state index >= 15 is 0 Å². The second-order valence-corrected chi connectivity index (χ2v) is 4.88. The number of carboxylic acid groups (broad SMARTS) is 6. The minimum atomic E-state index is -2.97. The molecule has 0 bridgehead atoms. The number of carbonyl (C=O) groups excluding carboxylic acids is 4. The summed E-state index contributed by atoms with van der Waals surface area (Å²) >= 11 is 0. The van der Waals surface area contributed by atoms with Crippen LogP contribution in [0.25, 0.3) is 0 Å². The Morgan fingerprint density at radius 1 is 0.621 bits per heavy atom. The maximum absolute atomic E-state index is 10.2. The van der Waals surface area contributed by atoms with Crippen molar-refractivity contribution in [1.29, 1.82) is 0 Å². The second kappa shape index (κ2) is 17.4. The quantitative estimate of drug-likeness (QED) is 0.224. The fourth-order valence-corrected chi connectivity index (χ4v) is 1.39. The summed E-state index contributed by atoms with van der Waals surface area (Å²) in [5.41, 5.74) is -5.82. The van der Waals surface area contributed by atoms with Crippen molar-refractivity contribution < 1.29 is 132 Å². The standard InChI is InChI=1S/2C6H8O7.3Na.H/c2*7-3(8)1-6(13,5(11)12)2-4(9)10;;;;/h2*13H,1-2H2,(H,7,8)(H,9,10)(H,11,12);;;;/q;;;2*+1;/p-2. The molecule has 17 heteroatoms. The van der Waals surface area contributed by atoms with Crippen molar-refractivity contribution in [3.8, 4) is 0 Å². The van der Waals surface area contributed by atoms with Crippen molar-refractivity contribution in [2.24, 2.45) is 0 Å². The minimum absolute atomic E-state index is 0. The van der Waals surface area contributed by atoms with E-state index in [0.29, 0.717) is 0 Å². The predicted molar refractivity (Wildman–Crippen MR) is 73.0 cm³/mol. The Hall–Kier alpha value is -0.260. The van der Waals surface area contributed by atoms with Gasteiger partial charge in [-0.25, -0.2) is 0 Å². The molecule has 0 aliphatic rings. The number of carboxylic acids is 6. The number of aliphatic carboxylic acids is 6. The normalized spacial score (nSPS) is 9.72. The molecule has 0 spiro atoms. The van der Waals surface area contributed by atoms with Gasteiger partial charge in [0.2, 0.25) is 0 Å². The first-order chi connectivity index (χ1) is 11.6. The molecule has 14 nitrogen and oxygen atoms in total. The van der Waals surface area contributed by atoms with Gasteiger partial charge in [0.25, 0.3) is 0 Å². The van der Waals surface area contributed by atoms with E-state index in [-0.39, 0.29) is 91.5 Å². The van der Waals surface area contributed by atoms with Crippen LogP contribution in [0.15, 0.2) is 0 Å². The molecule has 0 aromatic carbocycles. The SMILES string of the molecule is O=C(O)CC(O)(CC(=O)O)C(=O)[O-].O=C([O-])CC(O)(CC(=O)[O-])C(=O)[O-].[H+].[H+].[Na+].[Na+].[NaH]. The van der Waals surface area contributed by atoms with Gasteiger partial charge in [-0.05, 0) is 0 Å². The first kappa shape index (κ1) is 39.2. The molecule has 0 saturated carbocycles. The van der Waals surface area contributed by atoms with Crippen LogP contribution in [0.5, 0.6) is 0 Å². The summed E-state index contributed by atoms with van der Waals surface area (Å²) in [6, 6.07) is 0. The van der Waals surface area contributed by atoms with Crippen LogP contribution >= 0.6 is 0 Å². The van der Waals surface area contributed by atoms with E-state index in [2.05, 4.69) is 0 Å². The third kappa shape index (κ3) is 18.2. The monoisotopic (exact) mass is 452 g/mol. The Kier molecular flexibility index (Phi) is 23.6. The van der Waals surface area contributed by atoms with E-state index in [1.165, 1.54) is 0 Å². The van der Waals surface area contributed by atoms with Gasteiger partial charge < -0.3 is 60.0 Å². The van der Waals surface area contributed by atoms with Gasteiger partial charge in [0.1, 0.15) is 11.2 Å². The van der Waals surface area contributed by atoms with Gasteiger partial charge in [0.15, 0.2) is 0 Å². The van der Waals surface area contributed by atoms with Gasteiger partial charge in [-0.1, -0.05) is 0 Å². The molecule has 0 unspecified atom stereocenters.